The van der Waals surface area contributed by atoms with Gasteiger partial charge in [0, 0.05) is 29.8 Å². The van der Waals surface area contributed by atoms with Crippen LogP contribution in [-0.2, 0) is 13.0 Å². The molecule has 2 heterocycles. The molecule has 3 rings (SSSR count). The summed E-state index contributed by atoms with van der Waals surface area (Å²) in [5, 5.41) is 11.9. The van der Waals surface area contributed by atoms with Crippen molar-refractivity contribution >= 4 is 16.6 Å². The molecule has 0 radical (unpaired) electrons. The van der Waals surface area contributed by atoms with E-state index >= 15 is 0 Å². The highest BCUT2D eigenvalue weighted by atomic mass is 16.6. The molecule has 82 valence electrons. The van der Waals surface area contributed by atoms with Crippen LogP contribution in [0.3, 0.4) is 0 Å². The van der Waals surface area contributed by atoms with Crippen molar-refractivity contribution in [1.29, 1.82) is 0 Å². The maximum absolute atomic E-state index is 10.8. The molecule has 4 heteroatoms. The predicted octanol–water partition coefficient (Wildman–Crippen LogP) is 2.72. The maximum Gasteiger partial charge on any atom is 0.270 e. The molecule has 0 saturated heterocycles. The Hall–Kier alpha value is -1.84. The van der Waals surface area contributed by atoms with Gasteiger partial charge in [-0.25, -0.2) is 0 Å². The molecule has 4 nitrogen and oxygen atoms in total. The Morgan fingerprint density at radius 1 is 1.38 bits per heavy atom. The third-order valence-electron chi connectivity index (χ3n) is 3.61. The van der Waals surface area contributed by atoms with E-state index in [9.17, 15) is 10.1 Å². The van der Waals surface area contributed by atoms with Crippen LogP contribution >= 0.6 is 0 Å². The molecule has 0 fully saturated rings. The molecular formula is C12H12N2O2. The summed E-state index contributed by atoms with van der Waals surface area (Å²) >= 11 is 0. The van der Waals surface area contributed by atoms with Gasteiger partial charge in [-0.1, -0.05) is 0 Å². The van der Waals surface area contributed by atoms with Crippen molar-refractivity contribution in [3.05, 3.63) is 39.1 Å². The normalized spacial score (nSPS) is 13.6. The van der Waals surface area contributed by atoms with Crippen molar-refractivity contribution in [3.8, 4) is 0 Å². The summed E-state index contributed by atoms with van der Waals surface area (Å²) in [6, 6.07) is 3.41. The molecule has 0 amide bonds. The van der Waals surface area contributed by atoms with Crippen LogP contribution in [0.1, 0.15) is 16.8 Å². The molecule has 0 saturated carbocycles. The Balaban J connectivity index is 2.46. The zero-order chi connectivity index (χ0) is 11.4. The monoisotopic (exact) mass is 216 g/mol. The van der Waals surface area contributed by atoms with E-state index in [1.165, 1.54) is 16.8 Å². The van der Waals surface area contributed by atoms with E-state index in [0.29, 0.717) is 0 Å². The van der Waals surface area contributed by atoms with E-state index in [-0.39, 0.29) is 10.6 Å². The van der Waals surface area contributed by atoms with Gasteiger partial charge in [0.2, 0.25) is 0 Å². The lowest BCUT2D eigenvalue weighted by Crippen LogP contribution is -1.94. The molecule has 1 aromatic carbocycles. The maximum atomic E-state index is 10.8. The number of nitro groups is 1. The SMILES string of the molecule is Cc1c(C)n2c3c(cc([N+](=O)[O-])cc13)CC2. The van der Waals surface area contributed by atoms with Gasteiger partial charge in [0.05, 0.1) is 10.4 Å². The number of hydrogen-bond donors (Lipinski definition) is 0. The van der Waals surface area contributed by atoms with Crippen LogP contribution in [0.2, 0.25) is 0 Å². The average Bonchev–Trinajstić information content (AvgIpc) is 2.77. The van der Waals surface area contributed by atoms with Gasteiger partial charge >= 0.3 is 0 Å². The minimum atomic E-state index is -0.305. The van der Waals surface area contributed by atoms with Crippen LogP contribution in [-0.4, -0.2) is 9.49 Å². The number of non-ortho nitro benzene ring substituents is 1. The molecule has 16 heavy (non-hydrogen) atoms. The van der Waals surface area contributed by atoms with E-state index in [0.717, 1.165) is 23.9 Å². The molecule has 0 atom stereocenters. The molecule has 0 spiro atoms. The topological polar surface area (TPSA) is 48.1 Å². The second-order valence-electron chi connectivity index (χ2n) is 4.37. The zero-order valence-corrected chi connectivity index (χ0v) is 9.28. The van der Waals surface area contributed by atoms with Gasteiger partial charge in [0.15, 0.2) is 0 Å². The number of benzene rings is 1. The van der Waals surface area contributed by atoms with Crippen molar-refractivity contribution in [3.63, 3.8) is 0 Å². The Morgan fingerprint density at radius 3 is 2.81 bits per heavy atom. The highest BCUT2D eigenvalue weighted by Gasteiger charge is 2.22. The third kappa shape index (κ3) is 0.988. The van der Waals surface area contributed by atoms with Gasteiger partial charge in [0.1, 0.15) is 0 Å². The van der Waals surface area contributed by atoms with Gasteiger partial charge in [-0.3, -0.25) is 10.1 Å². The van der Waals surface area contributed by atoms with Crippen molar-refractivity contribution in [1.82, 2.24) is 4.57 Å². The minimum Gasteiger partial charge on any atom is -0.344 e. The van der Waals surface area contributed by atoms with Crippen LogP contribution in [0.5, 0.6) is 0 Å². The molecule has 1 aliphatic rings. The Labute approximate surface area is 92.6 Å². The summed E-state index contributed by atoms with van der Waals surface area (Å²) in [6.45, 7) is 5.07. The summed E-state index contributed by atoms with van der Waals surface area (Å²) in [7, 11) is 0. The zero-order valence-electron chi connectivity index (χ0n) is 9.28. The molecule has 0 unspecified atom stereocenters. The van der Waals surface area contributed by atoms with Gasteiger partial charge in [0.25, 0.3) is 5.69 Å². The molecule has 0 bridgehead atoms. The Morgan fingerprint density at radius 2 is 2.12 bits per heavy atom. The van der Waals surface area contributed by atoms with Gasteiger partial charge < -0.3 is 4.57 Å². The van der Waals surface area contributed by atoms with Gasteiger partial charge in [-0.2, -0.15) is 0 Å². The van der Waals surface area contributed by atoms with E-state index < -0.39 is 0 Å². The fourth-order valence-corrected chi connectivity index (χ4v) is 2.66. The lowest BCUT2D eigenvalue weighted by atomic mass is 10.1. The first-order chi connectivity index (χ1) is 7.59. The number of nitro benzene ring substituents is 1. The van der Waals surface area contributed by atoms with Crippen LogP contribution < -0.4 is 0 Å². The lowest BCUT2D eigenvalue weighted by Gasteiger charge is -1.99. The van der Waals surface area contributed by atoms with E-state index in [1.54, 1.807) is 12.1 Å². The summed E-state index contributed by atoms with van der Waals surface area (Å²) in [4.78, 5) is 10.5. The molecule has 0 N–H and O–H groups in total. The highest BCUT2D eigenvalue weighted by molar-refractivity contribution is 5.91. The summed E-state index contributed by atoms with van der Waals surface area (Å²) in [5.74, 6) is 0. The minimum absolute atomic E-state index is 0.213. The standard InChI is InChI=1S/C12H12N2O2/c1-7-8(2)13-4-3-9-5-10(14(15)16)6-11(7)12(9)13/h5-6H,3-4H2,1-2H3. The Bertz CT molecular complexity index is 626. The highest BCUT2D eigenvalue weighted by Crippen LogP contribution is 2.35. The fourth-order valence-electron chi connectivity index (χ4n) is 2.66. The number of hydrogen-bond acceptors (Lipinski definition) is 2. The van der Waals surface area contributed by atoms with E-state index in [2.05, 4.69) is 11.5 Å². The number of nitrogens with zero attached hydrogens (tertiary/aromatic N) is 2. The predicted molar refractivity (Wildman–Crippen MR) is 61.8 cm³/mol. The summed E-state index contributed by atoms with van der Waals surface area (Å²) in [5.41, 5.74) is 4.92. The van der Waals surface area contributed by atoms with Crippen LogP contribution in [0.25, 0.3) is 10.9 Å². The first kappa shape index (κ1) is 9.39. The number of aromatic nitrogens is 1. The first-order valence-electron chi connectivity index (χ1n) is 5.36. The van der Waals surface area contributed by atoms with Crippen molar-refractivity contribution in [2.45, 2.75) is 26.8 Å². The largest absolute Gasteiger partial charge is 0.344 e. The summed E-state index contributed by atoms with van der Waals surface area (Å²) < 4.78 is 2.27. The molecule has 1 aliphatic heterocycles. The fraction of sp³-hybridized carbons (Fsp3) is 0.333. The Kier molecular flexibility index (Phi) is 1.67. The first-order valence-corrected chi connectivity index (χ1v) is 5.36. The van der Waals surface area contributed by atoms with Crippen molar-refractivity contribution in [2.24, 2.45) is 0 Å². The van der Waals surface area contributed by atoms with Crippen molar-refractivity contribution in [2.75, 3.05) is 0 Å². The van der Waals surface area contributed by atoms with Crippen LogP contribution in [0.4, 0.5) is 5.69 Å². The third-order valence-corrected chi connectivity index (χ3v) is 3.61. The van der Waals surface area contributed by atoms with Crippen molar-refractivity contribution < 1.29 is 4.92 Å². The second-order valence-corrected chi connectivity index (χ2v) is 4.37. The number of rotatable bonds is 1. The van der Waals surface area contributed by atoms with E-state index in [4.69, 9.17) is 0 Å². The average molecular weight is 216 g/mol. The second kappa shape index (κ2) is 2.84. The molecule has 2 aromatic rings. The lowest BCUT2D eigenvalue weighted by molar-refractivity contribution is -0.384. The number of aryl methyl sites for hydroxylation is 3. The van der Waals surface area contributed by atoms with Crippen LogP contribution in [0.15, 0.2) is 12.1 Å². The molecule has 1 aromatic heterocycles. The molecule has 0 aliphatic carbocycles. The molecular weight excluding hydrogens is 204 g/mol. The summed E-state index contributed by atoms with van der Waals surface area (Å²) in [6.07, 6.45) is 0.911. The smallest absolute Gasteiger partial charge is 0.270 e. The van der Waals surface area contributed by atoms with Crippen LogP contribution in [0, 0.1) is 24.0 Å². The van der Waals surface area contributed by atoms with Gasteiger partial charge in [-0.05, 0) is 31.4 Å². The quantitative estimate of drug-likeness (QED) is 0.543. The van der Waals surface area contributed by atoms with Gasteiger partial charge in [-0.15, -0.1) is 0 Å². The van der Waals surface area contributed by atoms with E-state index in [1.807, 2.05) is 6.92 Å².